The van der Waals surface area contributed by atoms with Gasteiger partial charge in [-0.15, -0.1) is 0 Å². The van der Waals surface area contributed by atoms with E-state index >= 15 is 0 Å². The van der Waals surface area contributed by atoms with Gasteiger partial charge in [0, 0.05) is 25.1 Å². The molecule has 0 fully saturated rings. The molecule has 0 spiro atoms. The molecular formula is C20H26N2O7S. The van der Waals surface area contributed by atoms with Gasteiger partial charge in [0.2, 0.25) is 0 Å². The maximum atomic E-state index is 12.6. The molecule has 1 amide bonds. The molecule has 10 heteroatoms. The molecule has 0 saturated heterocycles. The third-order valence-corrected chi connectivity index (χ3v) is 7.12. The lowest BCUT2D eigenvalue weighted by Gasteiger charge is -2.25. The average molecular weight is 439 g/mol. The maximum absolute atomic E-state index is 12.6. The zero-order valence-electron chi connectivity index (χ0n) is 17.1. The fourth-order valence-electron chi connectivity index (χ4n) is 2.99. The Hall–Kier alpha value is -2.69. The van der Waals surface area contributed by atoms with Gasteiger partial charge < -0.3 is 14.4 Å². The Morgan fingerprint density at radius 3 is 2.50 bits per heavy atom. The standard InChI is InChI=1S/C20H26N2O7S/c1-14-12-16(29-11-10-23)4-5-17(14)15-6-8-22(18(24)13-15)9-7-20(2,19(25)21-26)30(3,27)28/h4-6,8,12-13,23,26H,7,9-11H2,1-3H3,(H,21,25). The predicted octanol–water partition coefficient (Wildman–Crippen LogP) is 0.894. The van der Waals surface area contributed by atoms with Crippen LogP contribution in [0.2, 0.25) is 0 Å². The monoisotopic (exact) mass is 438 g/mol. The van der Waals surface area contributed by atoms with Gasteiger partial charge in [0.15, 0.2) is 14.6 Å². The molecule has 2 aromatic rings. The minimum atomic E-state index is -3.84. The van der Waals surface area contributed by atoms with Crippen LogP contribution in [0.4, 0.5) is 0 Å². The Bertz CT molecular complexity index is 1080. The van der Waals surface area contributed by atoms with E-state index in [-0.39, 0.29) is 31.7 Å². The predicted molar refractivity (Wildman–Crippen MR) is 111 cm³/mol. The summed E-state index contributed by atoms with van der Waals surface area (Å²) >= 11 is 0. The van der Waals surface area contributed by atoms with E-state index in [0.717, 1.165) is 17.4 Å². The van der Waals surface area contributed by atoms with Gasteiger partial charge in [-0.3, -0.25) is 14.8 Å². The van der Waals surface area contributed by atoms with Crippen LogP contribution >= 0.6 is 0 Å². The summed E-state index contributed by atoms with van der Waals surface area (Å²) in [5.41, 5.74) is 3.43. The van der Waals surface area contributed by atoms with Gasteiger partial charge in [0.1, 0.15) is 12.4 Å². The lowest BCUT2D eigenvalue weighted by Crippen LogP contribution is -2.49. The number of aliphatic hydroxyl groups is 1. The molecule has 3 N–H and O–H groups in total. The quantitative estimate of drug-likeness (QED) is 0.391. The Balaban J connectivity index is 2.26. The van der Waals surface area contributed by atoms with E-state index in [4.69, 9.17) is 15.1 Å². The molecule has 1 aromatic carbocycles. The number of carbonyl (C=O) groups is 1. The Kier molecular flexibility index (Phi) is 7.40. The summed E-state index contributed by atoms with van der Waals surface area (Å²) in [7, 11) is -3.84. The van der Waals surface area contributed by atoms with Crippen molar-refractivity contribution in [1.82, 2.24) is 10.0 Å². The normalized spacial score (nSPS) is 13.5. The molecule has 0 aliphatic carbocycles. The second-order valence-corrected chi connectivity index (χ2v) is 9.64. The van der Waals surface area contributed by atoms with Crippen molar-refractivity contribution in [3.8, 4) is 16.9 Å². The second kappa shape index (κ2) is 9.41. The molecule has 9 nitrogen and oxygen atoms in total. The summed E-state index contributed by atoms with van der Waals surface area (Å²) in [5.74, 6) is -0.435. The van der Waals surface area contributed by atoms with Crippen LogP contribution in [0.3, 0.4) is 0 Å². The fourth-order valence-corrected chi connectivity index (χ4v) is 3.84. The lowest BCUT2D eigenvalue weighted by molar-refractivity contribution is -0.131. The second-order valence-electron chi connectivity index (χ2n) is 7.19. The first kappa shape index (κ1) is 23.6. The van der Waals surface area contributed by atoms with Crippen LogP contribution in [0.25, 0.3) is 11.1 Å². The van der Waals surface area contributed by atoms with E-state index < -0.39 is 20.5 Å². The first-order valence-electron chi connectivity index (χ1n) is 9.23. The SMILES string of the molecule is Cc1cc(OCCO)ccc1-c1ccn(CCC(C)(C(=O)NO)S(C)(=O)=O)c(=O)c1. The van der Waals surface area contributed by atoms with Crippen molar-refractivity contribution in [2.24, 2.45) is 0 Å². The van der Waals surface area contributed by atoms with Crippen LogP contribution in [0, 0.1) is 6.92 Å². The maximum Gasteiger partial charge on any atom is 0.264 e. The zero-order chi connectivity index (χ0) is 22.5. The van der Waals surface area contributed by atoms with Crippen LogP contribution in [-0.2, 0) is 21.2 Å². The number of nitrogens with one attached hydrogen (secondary N) is 1. The number of aryl methyl sites for hydroxylation is 2. The highest BCUT2D eigenvalue weighted by molar-refractivity contribution is 7.92. The van der Waals surface area contributed by atoms with Crippen molar-refractivity contribution < 1.29 is 28.3 Å². The van der Waals surface area contributed by atoms with Gasteiger partial charge in [-0.25, -0.2) is 13.9 Å². The Morgan fingerprint density at radius 2 is 1.97 bits per heavy atom. The number of rotatable bonds is 9. The molecule has 1 atom stereocenters. The van der Waals surface area contributed by atoms with Gasteiger partial charge in [-0.1, -0.05) is 6.07 Å². The first-order chi connectivity index (χ1) is 14.0. The number of amides is 1. The van der Waals surface area contributed by atoms with E-state index in [9.17, 15) is 18.0 Å². The number of hydroxylamine groups is 1. The topological polar surface area (TPSA) is 135 Å². The fraction of sp³-hybridized carbons (Fsp3) is 0.400. The summed E-state index contributed by atoms with van der Waals surface area (Å²) in [6.07, 6.45) is 2.26. The van der Waals surface area contributed by atoms with Crippen molar-refractivity contribution in [3.63, 3.8) is 0 Å². The molecular weight excluding hydrogens is 412 g/mol. The van der Waals surface area contributed by atoms with Gasteiger partial charge in [0.25, 0.3) is 11.5 Å². The van der Waals surface area contributed by atoms with E-state index in [1.54, 1.807) is 12.1 Å². The number of sulfone groups is 1. The molecule has 1 heterocycles. The van der Waals surface area contributed by atoms with E-state index in [0.29, 0.717) is 11.3 Å². The number of nitrogens with zero attached hydrogens (tertiary/aromatic N) is 1. The smallest absolute Gasteiger partial charge is 0.264 e. The zero-order valence-corrected chi connectivity index (χ0v) is 17.9. The van der Waals surface area contributed by atoms with Crippen molar-refractivity contribution in [3.05, 3.63) is 52.4 Å². The van der Waals surface area contributed by atoms with Crippen molar-refractivity contribution in [2.75, 3.05) is 19.5 Å². The molecule has 0 radical (unpaired) electrons. The van der Waals surface area contributed by atoms with Crippen LogP contribution < -0.4 is 15.8 Å². The minimum Gasteiger partial charge on any atom is -0.491 e. The number of hydrogen-bond donors (Lipinski definition) is 3. The molecule has 1 unspecified atom stereocenters. The van der Waals surface area contributed by atoms with Gasteiger partial charge in [-0.2, -0.15) is 0 Å². The van der Waals surface area contributed by atoms with Crippen molar-refractivity contribution in [1.29, 1.82) is 0 Å². The molecule has 0 saturated carbocycles. The van der Waals surface area contributed by atoms with Crippen LogP contribution in [0.1, 0.15) is 18.9 Å². The highest BCUT2D eigenvalue weighted by Crippen LogP contribution is 2.26. The van der Waals surface area contributed by atoms with Gasteiger partial charge in [0.05, 0.1) is 6.61 Å². The van der Waals surface area contributed by atoms with E-state index in [1.165, 1.54) is 29.2 Å². The molecule has 1 aromatic heterocycles. The van der Waals surface area contributed by atoms with Crippen molar-refractivity contribution in [2.45, 2.75) is 31.6 Å². The number of carbonyl (C=O) groups excluding carboxylic acids is 1. The average Bonchev–Trinajstić information content (AvgIpc) is 2.69. The number of pyridine rings is 1. The molecule has 2 rings (SSSR count). The van der Waals surface area contributed by atoms with E-state index in [1.807, 2.05) is 19.1 Å². The third-order valence-electron chi connectivity index (χ3n) is 5.09. The number of aromatic nitrogens is 1. The van der Waals surface area contributed by atoms with Crippen LogP contribution in [-0.4, -0.2) is 53.4 Å². The third kappa shape index (κ3) is 5.07. The summed E-state index contributed by atoms with van der Waals surface area (Å²) in [4.78, 5) is 24.5. The number of aliphatic hydroxyl groups excluding tert-OH is 1. The Morgan fingerprint density at radius 1 is 1.27 bits per heavy atom. The van der Waals surface area contributed by atoms with Gasteiger partial charge in [-0.05, 0) is 55.2 Å². The summed E-state index contributed by atoms with van der Waals surface area (Å²) in [6.45, 7) is 3.16. The number of benzene rings is 1. The molecule has 0 aliphatic rings. The van der Waals surface area contributed by atoms with E-state index in [2.05, 4.69) is 0 Å². The largest absolute Gasteiger partial charge is 0.491 e. The number of hydrogen-bond acceptors (Lipinski definition) is 7. The highest BCUT2D eigenvalue weighted by atomic mass is 32.2. The van der Waals surface area contributed by atoms with Crippen LogP contribution in [0.15, 0.2) is 41.3 Å². The molecule has 164 valence electrons. The number of ether oxygens (including phenoxy) is 1. The molecule has 30 heavy (non-hydrogen) atoms. The lowest BCUT2D eigenvalue weighted by atomic mass is 10.0. The van der Waals surface area contributed by atoms with Crippen molar-refractivity contribution >= 4 is 15.7 Å². The van der Waals surface area contributed by atoms with Crippen LogP contribution in [0.5, 0.6) is 5.75 Å². The van der Waals surface area contributed by atoms with Gasteiger partial charge >= 0.3 is 0 Å². The molecule has 0 bridgehead atoms. The minimum absolute atomic E-state index is 0.0248. The highest BCUT2D eigenvalue weighted by Gasteiger charge is 2.43. The summed E-state index contributed by atoms with van der Waals surface area (Å²) in [5, 5.41) is 17.7. The first-order valence-corrected chi connectivity index (χ1v) is 11.1. The summed E-state index contributed by atoms with van der Waals surface area (Å²) in [6, 6.07) is 8.52. The Labute approximate surface area is 174 Å². The summed E-state index contributed by atoms with van der Waals surface area (Å²) < 4.78 is 28.9. The molecule has 0 aliphatic heterocycles.